The van der Waals surface area contributed by atoms with Crippen molar-refractivity contribution in [2.45, 2.75) is 45.7 Å². The molecule has 0 aliphatic rings. The van der Waals surface area contributed by atoms with Gasteiger partial charge in [0.05, 0.1) is 20.6 Å². The predicted molar refractivity (Wildman–Crippen MR) is 118 cm³/mol. The molecule has 0 radical (unpaired) electrons. The zero-order valence-corrected chi connectivity index (χ0v) is 18.3. The standard InChI is InChI=1S/C24H32N2O4/c1-5-14-25-24(28)22(6-2)26(17-19-8-7-9-21(15-19)30-4)23(27)16-18-10-12-20(29-3)13-11-18/h7-13,15,22H,5-6,14,16-17H2,1-4H3,(H,25,28)/t22-/m0/s1. The molecule has 0 aliphatic carbocycles. The van der Waals surface area contributed by atoms with Crippen LogP contribution in [0.2, 0.25) is 0 Å². The molecule has 0 unspecified atom stereocenters. The summed E-state index contributed by atoms with van der Waals surface area (Å²) in [4.78, 5) is 27.7. The van der Waals surface area contributed by atoms with Crippen LogP contribution in [0.4, 0.5) is 0 Å². The third-order valence-corrected chi connectivity index (χ3v) is 4.94. The Kier molecular flexibility index (Phi) is 9.19. The minimum absolute atomic E-state index is 0.0958. The highest BCUT2D eigenvalue weighted by atomic mass is 16.5. The molecule has 0 saturated carbocycles. The molecular formula is C24H32N2O4. The summed E-state index contributed by atoms with van der Waals surface area (Å²) in [6, 6.07) is 14.5. The molecule has 0 heterocycles. The second kappa shape index (κ2) is 11.9. The Morgan fingerprint density at radius 3 is 2.27 bits per heavy atom. The average Bonchev–Trinajstić information content (AvgIpc) is 2.78. The van der Waals surface area contributed by atoms with Crippen LogP contribution in [0, 0.1) is 0 Å². The fourth-order valence-electron chi connectivity index (χ4n) is 3.27. The molecule has 2 aromatic rings. The van der Waals surface area contributed by atoms with Crippen LogP contribution >= 0.6 is 0 Å². The van der Waals surface area contributed by atoms with Gasteiger partial charge in [-0.15, -0.1) is 0 Å². The van der Waals surface area contributed by atoms with Crippen molar-refractivity contribution in [1.29, 1.82) is 0 Å². The van der Waals surface area contributed by atoms with Gasteiger partial charge in [0.15, 0.2) is 0 Å². The molecule has 0 aromatic heterocycles. The van der Waals surface area contributed by atoms with Crippen molar-refractivity contribution in [3.8, 4) is 11.5 Å². The highest BCUT2D eigenvalue weighted by Gasteiger charge is 2.28. The smallest absolute Gasteiger partial charge is 0.242 e. The molecule has 0 aliphatic heterocycles. The van der Waals surface area contributed by atoms with Crippen molar-refractivity contribution in [2.24, 2.45) is 0 Å². The first kappa shape index (κ1) is 23.3. The maximum atomic E-state index is 13.3. The lowest BCUT2D eigenvalue weighted by atomic mass is 10.1. The summed E-state index contributed by atoms with van der Waals surface area (Å²) < 4.78 is 10.5. The number of hydrogen-bond acceptors (Lipinski definition) is 4. The van der Waals surface area contributed by atoms with E-state index in [9.17, 15) is 9.59 Å². The number of methoxy groups -OCH3 is 2. The van der Waals surface area contributed by atoms with Crippen LogP contribution < -0.4 is 14.8 Å². The van der Waals surface area contributed by atoms with Gasteiger partial charge in [0, 0.05) is 13.1 Å². The Morgan fingerprint density at radius 2 is 1.67 bits per heavy atom. The first-order valence-electron chi connectivity index (χ1n) is 10.3. The van der Waals surface area contributed by atoms with E-state index in [1.165, 1.54) is 0 Å². The Balaban J connectivity index is 2.27. The van der Waals surface area contributed by atoms with Crippen LogP contribution in [0.5, 0.6) is 11.5 Å². The molecule has 0 fully saturated rings. The number of amides is 2. The molecule has 1 N–H and O–H groups in total. The van der Waals surface area contributed by atoms with Crippen molar-refractivity contribution in [1.82, 2.24) is 10.2 Å². The van der Waals surface area contributed by atoms with Gasteiger partial charge < -0.3 is 19.7 Å². The van der Waals surface area contributed by atoms with Crippen molar-refractivity contribution in [2.75, 3.05) is 20.8 Å². The van der Waals surface area contributed by atoms with E-state index in [1.54, 1.807) is 19.1 Å². The van der Waals surface area contributed by atoms with Crippen LogP contribution in [0.1, 0.15) is 37.8 Å². The minimum Gasteiger partial charge on any atom is -0.497 e. The molecule has 0 saturated heterocycles. The molecule has 2 rings (SSSR count). The number of nitrogens with one attached hydrogen (secondary N) is 1. The molecule has 30 heavy (non-hydrogen) atoms. The summed E-state index contributed by atoms with van der Waals surface area (Å²) in [5.74, 6) is 1.25. The molecule has 6 nitrogen and oxygen atoms in total. The van der Waals surface area contributed by atoms with E-state index in [-0.39, 0.29) is 18.2 Å². The van der Waals surface area contributed by atoms with Gasteiger partial charge in [0.1, 0.15) is 17.5 Å². The lowest BCUT2D eigenvalue weighted by Gasteiger charge is -2.31. The maximum Gasteiger partial charge on any atom is 0.242 e. The van der Waals surface area contributed by atoms with E-state index in [0.717, 1.165) is 29.0 Å². The summed E-state index contributed by atoms with van der Waals surface area (Å²) in [6.07, 6.45) is 1.59. The van der Waals surface area contributed by atoms with E-state index >= 15 is 0 Å². The largest absolute Gasteiger partial charge is 0.497 e. The SMILES string of the molecule is CCCNC(=O)[C@H](CC)N(Cc1cccc(OC)c1)C(=O)Cc1ccc(OC)cc1. The van der Waals surface area contributed by atoms with Gasteiger partial charge in [0.25, 0.3) is 0 Å². The lowest BCUT2D eigenvalue weighted by molar-refractivity contribution is -0.140. The average molecular weight is 413 g/mol. The summed E-state index contributed by atoms with van der Waals surface area (Å²) in [7, 11) is 3.22. The summed E-state index contributed by atoms with van der Waals surface area (Å²) in [5, 5.41) is 2.93. The number of ether oxygens (including phenoxy) is 2. The summed E-state index contributed by atoms with van der Waals surface area (Å²) in [5.41, 5.74) is 1.79. The van der Waals surface area contributed by atoms with Crippen molar-refractivity contribution in [3.05, 3.63) is 59.7 Å². The Bertz CT molecular complexity index is 820. The summed E-state index contributed by atoms with van der Waals surface area (Å²) in [6.45, 7) is 4.86. The minimum atomic E-state index is -0.534. The highest BCUT2D eigenvalue weighted by molar-refractivity contribution is 5.88. The van der Waals surface area contributed by atoms with Crippen LogP contribution in [0.3, 0.4) is 0 Å². The van der Waals surface area contributed by atoms with Crippen LogP contribution in [-0.2, 0) is 22.6 Å². The zero-order chi connectivity index (χ0) is 21.9. The molecule has 2 amide bonds. The normalized spacial score (nSPS) is 11.5. The number of hydrogen-bond donors (Lipinski definition) is 1. The molecule has 162 valence electrons. The quantitative estimate of drug-likeness (QED) is 0.613. The van der Waals surface area contributed by atoms with Crippen molar-refractivity contribution < 1.29 is 19.1 Å². The molecule has 6 heteroatoms. The molecule has 1 atom stereocenters. The molecule has 0 bridgehead atoms. The Hall–Kier alpha value is -3.02. The van der Waals surface area contributed by atoms with Gasteiger partial charge in [-0.1, -0.05) is 38.1 Å². The van der Waals surface area contributed by atoms with E-state index in [1.807, 2.05) is 62.4 Å². The third kappa shape index (κ3) is 6.51. The van der Waals surface area contributed by atoms with E-state index in [0.29, 0.717) is 19.5 Å². The highest BCUT2D eigenvalue weighted by Crippen LogP contribution is 2.19. The van der Waals surface area contributed by atoms with Crippen molar-refractivity contribution in [3.63, 3.8) is 0 Å². The van der Waals surface area contributed by atoms with Gasteiger partial charge in [-0.3, -0.25) is 9.59 Å². The predicted octanol–water partition coefficient (Wildman–Crippen LogP) is 3.58. The lowest BCUT2D eigenvalue weighted by Crippen LogP contribution is -2.49. The first-order valence-corrected chi connectivity index (χ1v) is 10.3. The van der Waals surface area contributed by atoms with E-state index in [2.05, 4.69) is 5.32 Å². The maximum absolute atomic E-state index is 13.3. The van der Waals surface area contributed by atoms with Crippen LogP contribution in [-0.4, -0.2) is 43.5 Å². The monoisotopic (exact) mass is 412 g/mol. The topological polar surface area (TPSA) is 67.9 Å². The third-order valence-electron chi connectivity index (χ3n) is 4.94. The van der Waals surface area contributed by atoms with Gasteiger partial charge in [-0.25, -0.2) is 0 Å². The van der Waals surface area contributed by atoms with Crippen molar-refractivity contribution >= 4 is 11.8 Å². The molecular weight excluding hydrogens is 380 g/mol. The van der Waals surface area contributed by atoms with Gasteiger partial charge in [0.2, 0.25) is 11.8 Å². The number of carbonyl (C=O) groups excluding carboxylic acids is 2. The number of benzene rings is 2. The Morgan fingerprint density at radius 1 is 0.967 bits per heavy atom. The van der Waals surface area contributed by atoms with E-state index in [4.69, 9.17) is 9.47 Å². The first-order chi connectivity index (χ1) is 14.5. The fraction of sp³-hybridized carbons (Fsp3) is 0.417. The van der Waals surface area contributed by atoms with E-state index < -0.39 is 6.04 Å². The zero-order valence-electron chi connectivity index (χ0n) is 18.3. The number of nitrogens with zero attached hydrogens (tertiary/aromatic N) is 1. The van der Waals surface area contributed by atoms with Gasteiger partial charge in [-0.2, -0.15) is 0 Å². The summed E-state index contributed by atoms with van der Waals surface area (Å²) >= 11 is 0. The number of carbonyl (C=O) groups is 2. The number of rotatable bonds is 11. The van der Waals surface area contributed by atoms with Gasteiger partial charge >= 0.3 is 0 Å². The fourth-order valence-corrected chi connectivity index (χ4v) is 3.27. The van der Waals surface area contributed by atoms with Crippen LogP contribution in [0.25, 0.3) is 0 Å². The molecule has 2 aromatic carbocycles. The van der Waals surface area contributed by atoms with Gasteiger partial charge in [-0.05, 0) is 48.2 Å². The Labute approximate surface area is 179 Å². The second-order valence-corrected chi connectivity index (χ2v) is 7.11. The molecule has 0 spiro atoms. The second-order valence-electron chi connectivity index (χ2n) is 7.11. The van der Waals surface area contributed by atoms with Crippen LogP contribution in [0.15, 0.2) is 48.5 Å².